The van der Waals surface area contributed by atoms with E-state index in [1.54, 1.807) is 11.3 Å². The Morgan fingerprint density at radius 2 is 2.00 bits per heavy atom. The van der Waals surface area contributed by atoms with Crippen LogP contribution in [0.3, 0.4) is 0 Å². The summed E-state index contributed by atoms with van der Waals surface area (Å²) in [5.41, 5.74) is 2.91. The summed E-state index contributed by atoms with van der Waals surface area (Å²) in [6, 6.07) is 4.24. The predicted octanol–water partition coefficient (Wildman–Crippen LogP) is 3.71. The molecule has 0 unspecified atom stereocenters. The highest BCUT2D eigenvalue weighted by Crippen LogP contribution is 2.35. The van der Waals surface area contributed by atoms with Gasteiger partial charge in [0, 0.05) is 30.7 Å². The third-order valence-electron chi connectivity index (χ3n) is 5.90. The number of likely N-dealkylation sites (tertiary alicyclic amines) is 1. The Kier molecular flexibility index (Phi) is 5.76. The molecule has 0 radical (unpaired) electrons. The van der Waals surface area contributed by atoms with Crippen LogP contribution in [0.4, 0.5) is 0 Å². The van der Waals surface area contributed by atoms with Gasteiger partial charge in [-0.15, -0.1) is 11.3 Å². The molecule has 0 aliphatic carbocycles. The summed E-state index contributed by atoms with van der Waals surface area (Å²) in [4.78, 5) is 20.2. The largest absolute Gasteiger partial charge is 0.381 e. The van der Waals surface area contributed by atoms with E-state index in [1.165, 1.54) is 17.8 Å². The van der Waals surface area contributed by atoms with Crippen LogP contribution in [0, 0.1) is 6.92 Å². The second-order valence-electron chi connectivity index (χ2n) is 7.76. The smallest absolute Gasteiger partial charge is 0.251 e. The Bertz CT molecular complexity index is 805. The average molecular weight is 388 g/mol. The fourth-order valence-electron chi connectivity index (χ4n) is 4.13. The molecule has 1 N–H and O–H groups in total. The van der Waals surface area contributed by atoms with E-state index >= 15 is 0 Å². The number of aromatic nitrogens is 1. The van der Waals surface area contributed by atoms with Crippen molar-refractivity contribution in [2.24, 2.45) is 0 Å². The van der Waals surface area contributed by atoms with Crippen LogP contribution in [-0.4, -0.2) is 54.7 Å². The summed E-state index contributed by atoms with van der Waals surface area (Å²) in [5.74, 6) is 0.585. The number of hydrogen-bond donors (Lipinski definition) is 1. The maximum absolute atomic E-state index is 12.7. The first kappa shape index (κ1) is 18.8. The van der Waals surface area contributed by atoms with Gasteiger partial charge in [-0.1, -0.05) is 6.92 Å². The van der Waals surface area contributed by atoms with E-state index in [4.69, 9.17) is 9.72 Å². The number of amides is 1. The Labute approximate surface area is 165 Å². The number of carbonyl (C=O) groups is 1. The molecule has 0 atom stereocenters. The molecule has 27 heavy (non-hydrogen) atoms. The Hall–Kier alpha value is -1.50. The van der Waals surface area contributed by atoms with E-state index in [-0.39, 0.29) is 11.9 Å². The van der Waals surface area contributed by atoms with Crippen molar-refractivity contribution in [2.45, 2.75) is 51.5 Å². The van der Waals surface area contributed by atoms with Gasteiger partial charge in [-0.3, -0.25) is 4.79 Å². The van der Waals surface area contributed by atoms with Gasteiger partial charge in [0.2, 0.25) is 0 Å². The second kappa shape index (κ2) is 8.25. The van der Waals surface area contributed by atoms with Gasteiger partial charge < -0.3 is 15.0 Å². The van der Waals surface area contributed by atoms with Crippen LogP contribution in [0.2, 0.25) is 0 Å². The van der Waals surface area contributed by atoms with Crippen molar-refractivity contribution in [1.82, 2.24) is 15.2 Å². The lowest BCUT2D eigenvalue weighted by molar-refractivity contribution is 0.0696. The minimum absolute atomic E-state index is 0.0260. The van der Waals surface area contributed by atoms with Crippen LogP contribution in [-0.2, 0) is 4.74 Å². The number of rotatable bonds is 4. The maximum atomic E-state index is 12.7. The lowest BCUT2D eigenvalue weighted by Gasteiger charge is -2.29. The fourth-order valence-corrected chi connectivity index (χ4v) is 5.38. The van der Waals surface area contributed by atoms with Crippen molar-refractivity contribution >= 4 is 27.5 Å². The van der Waals surface area contributed by atoms with Crippen molar-refractivity contribution in [3.63, 3.8) is 0 Å². The lowest BCUT2D eigenvalue weighted by Crippen LogP contribution is -2.38. The molecular weight excluding hydrogens is 358 g/mol. The Morgan fingerprint density at radius 3 is 2.70 bits per heavy atom. The summed E-state index contributed by atoms with van der Waals surface area (Å²) in [6.45, 7) is 9.22. The standard InChI is InChI=1S/C21H29N3O2S/c1-3-24-8-4-15(5-9-24)21-23-19-14(2)12-16(13-18(19)27-21)20(25)22-17-6-10-26-11-7-17/h12-13,15,17H,3-11H2,1-2H3,(H,22,25). The number of aryl methyl sites for hydroxylation is 1. The summed E-state index contributed by atoms with van der Waals surface area (Å²) >= 11 is 1.77. The number of fused-ring (bicyclic) bond motifs is 1. The topological polar surface area (TPSA) is 54.5 Å². The van der Waals surface area contributed by atoms with Gasteiger partial charge in [0.1, 0.15) is 0 Å². The molecule has 0 spiro atoms. The molecule has 1 aromatic carbocycles. The number of nitrogens with one attached hydrogen (secondary N) is 1. The minimum atomic E-state index is 0.0260. The summed E-state index contributed by atoms with van der Waals surface area (Å²) in [7, 11) is 0. The van der Waals surface area contributed by atoms with Crippen LogP contribution in [0.25, 0.3) is 10.2 Å². The molecule has 0 saturated carbocycles. The summed E-state index contributed by atoms with van der Waals surface area (Å²) in [6.07, 6.45) is 4.16. The van der Waals surface area contributed by atoms with Crippen molar-refractivity contribution in [2.75, 3.05) is 32.8 Å². The van der Waals surface area contributed by atoms with Crippen LogP contribution >= 0.6 is 11.3 Å². The monoisotopic (exact) mass is 387 g/mol. The summed E-state index contributed by atoms with van der Waals surface area (Å²) in [5, 5.41) is 4.41. The first-order valence-electron chi connectivity index (χ1n) is 10.2. The number of benzene rings is 1. The van der Waals surface area contributed by atoms with E-state index in [1.807, 2.05) is 12.1 Å². The van der Waals surface area contributed by atoms with Gasteiger partial charge in [-0.2, -0.15) is 0 Å². The van der Waals surface area contributed by atoms with Gasteiger partial charge >= 0.3 is 0 Å². The SMILES string of the molecule is CCN1CCC(c2nc3c(C)cc(C(=O)NC4CCOCC4)cc3s2)CC1. The highest BCUT2D eigenvalue weighted by molar-refractivity contribution is 7.18. The third-order valence-corrected chi connectivity index (χ3v) is 7.07. The molecule has 2 aromatic rings. The average Bonchev–Trinajstić information content (AvgIpc) is 3.14. The number of hydrogen-bond acceptors (Lipinski definition) is 5. The first-order valence-corrected chi connectivity index (χ1v) is 11.0. The van der Waals surface area contributed by atoms with E-state index in [0.29, 0.717) is 5.92 Å². The number of thiazole rings is 1. The number of nitrogens with zero attached hydrogens (tertiary/aromatic N) is 2. The highest BCUT2D eigenvalue weighted by Gasteiger charge is 2.24. The van der Waals surface area contributed by atoms with Gasteiger partial charge in [-0.25, -0.2) is 4.98 Å². The highest BCUT2D eigenvalue weighted by atomic mass is 32.1. The molecule has 2 aliphatic rings. The fraction of sp³-hybridized carbons (Fsp3) is 0.619. The maximum Gasteiger partial charge on any atom is 0.251 e. The van der Waals surface area contributed by atoms with E-state index in [2.05, 4.69) is 24.1 Å². The normalized spacial score (nSPS) is 20.2. The van der Waals surface area contributed by atoms with Crippen molar-refractivity contribution in [1.29, 1.82) is 0 Å². The van der Waals surface area contributed by atoms with Gasteiger partial charge in [0.15, 0.2) is 0 Å². The molecule has 4 rings (SSSR count). The molecule has 5 nitrogen and oxygen atoms in total. The third kappa shape index (κ3) is 4.18. The second-order valence-corrected chi connectivity index (χ2v) is 8.82. The number of carbonyl (C=O) groups excluding carboxylic acids is 1. The first-order chi connectivity index (χ1) is 13.1. The molecule has 6 heteroatoms. The van der Waals surface area contributed by atoms with E-state index in [9.17, 15) is 4.79 Å². The molecule has 1 aromatic heterocycles. The van der Waals surface area contributed by atoms with Crippen molar-refractivity contribution in [3.05, 3.63) is 28.3 Å². The summed E-state index contributed by atoms with van der Waals surface area (Å²) < 4.78 is 6.52. The van der Waals surface area contributed by atoms with Crippen LogP contribution in [0.1, 0.15) is 59.5 Å². The molecule has 2 saturated heterocycles. The number of ether oxygens (including phenoxy) is 1. The Balaban J connectivity index is 1.52. The van der Waals surface area contributed by atoms with Crippen LogP contribution in [0.15, 0.2) is 12.1 Å². The molecule has 2 fully saturated rings. The molecule has 0 bridgehead atoms. The molecule has 2 aliphatic heterocycles. The quantitative estimate of drug-likeness (QED) is 0.869. The molecule has 1 amide bonds. The molecule has 3 heterocycles. The minimum Gasteiger partial charge on any atom is -0.381 e. The van der Waals surface area contributed by atoms with Gasteiger partial charge in [-0.05, 0) is 69.9 Å². The zero-order chi connectivity index (χ0) is 18.8. The molecule has 146 valence electrons. The van der Waals surface area contributed by atoms with Crippen LogP contribution < -0.4 is 5.32 Å². The van der Waals surface area contributed by atoms with Crippen molar-refractivity contribution < 1.29 is 9.53 Å². The zero-order valence-corrected chi connectivity index (χ0v) is 17.1. The lowest BCUT2D eigenvalue weighted by atomic mass is 9.97. The number of piperidine rings is 1. The zero-order valence-electron chi connectivity index (χ0n) is 16.3. The van der Waals surface area contributed by atoms with Gasteiger partial charge in [0.25, 0.3) is 5.91 Å². The predicted molar refractivity (Wildman–Crippen MR) is 110 cm³/mol. The van der Waals surface area contributed by atoms with Crippen molar-refractivity contribution in [3.8, 4) is 0 Å². The van der Waals surface area contributed by atoms with E-state index < -0.39 is 0 Å². The van der Waals surface area contributed by atoms with E-state index in [0.717, 1.165) is 67.0 Å². The van der Waals surface area contributed by atoms with Gasteiger partial charge in [0.05, 0.1) is 15.2 Å². The molecular formula is C21H29N3O2S. The van der Waals surface area contributed by atoms with Crippen LogP contribution in [0.5, 0.6) is 0 Å². The Morgan fingerprint density at radius 1 is 1.26 bits per heavy atom.